The van der Waals surface area contributed by atoms with Crippen molar-refractivity contribution in [3.8, 4) is 22.4 Å². The molecule has 3 aliphatic heterocycles. The largest absolute Gasteiger partial charge is 0.453 e. The second-order valence-corrected chi connectivity index (χ2v) is 16.6. The molecule has 1 aromatic heterocycles. The molecule has 4 atom stereocenters. The monoisotopic (exact) mass is 813 g/mol. The highest BCUT2D eigenvalue weighted by atomic mass is 16.6. The van der Waals surface area contributed by atoms with Crippen molar-refractivity contribution >= 4 is 35.3 Å². The zero-order valence-corrected chi connectivity index (χ0v) is 35.3. The van der Waals surface area contributed by atoms with Crippen LogP contribution in [-0.4, -0.2) is 98.8 Å². The molecule has 3 aromatic carbocycles. The topological polar surface area (TPSA) is 150 Å². The number of aromatic amines is 1. The van der Waals surface area contributed by atoms with Crippen LogP contribution < -0.4 is 5.32 Å². The van der Waals surface area contributed by atoms with E-state index in [1.807, 2.05) is 69.1 Å². The molecule has 60 heavy (non-hydrogen) atoms. The number of amides is 4. The van der Waals surface area contributed by atoms with E-state index in [1.165, 1.54) is 12.0 Å². The lowest BCUT2D eigenvalue weighted by Gasteiger charge is -2.36. The zero-order chi connectivity index (χ0) is 42.6. The molecule has 0 unspecified atom stereocenters. The summed E-state index contributed by atoms with van der Waals surface area (Å²) in [6, 6.07) is 24.4. The third-order valence-corrected chi connectivity index (χ3v) is 11.4. The summed E-state index contributed by atoms with van der Waals surface area (Å²) in [6.07, 6.45) is 6.52. The van der Waals surface area contributed by atoms with E-state index in [0.29, 0.717) is 26.1 Å². The highest BCUT2D eigenvalue weighted by Crippen LogP contribution is 2.36. The molecule has 314 valence electrons. The van der Waals surface area contributed by atoms with Crippen molar-refractivity contribution in [3.63, 3.8) is 0 Å². The third-order valence-electron chi connectivity index (χ3n) is 11.4. The van der Waals surface area contributed by atoms with E-state index < -0.39 is 29.9 Å². The fraction of sp³-hybridized carbons (Fsp3) is 0.404. The van der Waals surface area contributed by atoms with Crippen LogP contribution in [0.5, 0.6) is 0 Å². The van der Waals surface area contributed by atoms with Crippen molar-refractivity contribution in [1.29, 1.82) is 0 Å². The van der Waals surface area contributed by atoms with E-state index >= 15 is 0 Å². The Morgan fingerprint density at radius 1 is 0.850 bits per heavy atom. The van der Waals surface area contributed by atoms with Crippen molar-refractivity contribution in [2.45, 2.75) is 96.5 Å². The van der Waals surface area contributed by atoms with Crippen molar-refractivity contribution in [2.75, 3.05) is 26.7 Å². The SMILES string of the molecule is CCN(C(=O)OC(C)(C)C)[C@@H](C(=O)N1CCC[C@H]1C1=NC=C(c2ccc(-c3ccc(-c4cnc([C@@H]5CCCN5C(=O)[C@H](C)NC(=O)OC)[nH]4)cc3)cc2)C1)c1ccccc1. The Balaban J connectivity index is 0.987. The maximum Gasteiger partial charge on any atom is 0.411 e. The Kier molecular flexibility index (Phi) is 12.5. The van der Waals surface area contributed by atoms with Crippen LogP contribution in [0.3, 0.4) is 0 Å². The van der Waals surface area contributed by atoms with Crippen molar-refractivity contribution < 1.29 is 28.7 Å². The zero-order valence-electron chi connectivity index (χ0n) is 35.3. The summed E-state index contributed by atoms with van der Waals surface area (Å²) in [4.78, 5) is 71.0. The molecule has 2 fully saturated rings. The third kappa shape index (κ3) is 9.15. The van der Waals surface area contributed by atoms with Crippen LogP contribution in [0.2, 0.25) is 0 Å². The number of aliphatic imine (C=N–C) groups is 1. The van der Waals surface area contributed by atoms with Gasteiger partial charge in [0.25, 0.3) is 5.91 Å². The number of benzene rings is 3. The first kappa shape index (κ1) is 41.9. The lowest BCUT2D eigenvalue weighted by atomic mass is 9.96. The predicted octanol–water partition coefficient (Wildman–Crippen LogP) is 8.33. The van der Waals surface area contributed by atoms with E-state index in [-0.39, 0.29) is 23.9 Å². The number of hydrogen-bond donors (Lipinski definition) is 2. The number of aromatic nitrogens is 2. The van der Waals surface area contributed by atoms with Crippen LogP contribution in [0.15, 0.2) is 96.3 Å². The number of methoxy groups -OCH3 is 1. The molecule has 2 saturated heterocycles. The highest BCUT2D eigenvalue weighted by Gasteiger charge is 2.41. The first-order valence-electron chi connectivity index (χ1n) is 20.9. The molecule has 2 N–H and O–H groups in total. The second-order valence-electron chi connectivity index (χ2n) is 16.6. The molecule has 13 nitrogen and oxygen atoms in total. The first-order chi connectivity index (χ1) is 28.8. The van der Waals surface area contributed by atoms with Gasteiger partial charge in [-0.3, -0.25) is 19.5 Å². The van der Waals surface area contributed by atoms with Crippen molar-refractivity contribution in [1.82, 2.24) is 30.0 Å². The van der Waals surface area contributed by atoms with E-state index in [0.717, 1.165) is 76.3 Å². The van der Waals surface area contributed by atoms with Gasteiger partial charge in [-0.2, -0.15) is 0 Å². The van der Waals surface area contributed by atoms with Gasteiger partial charge in [-0.1, -0.05) is 78.9 Å². The number of likely N-dealkylation sites (tertiary alicyclic amines) is 2. The molecule has 3 aliphatic rings. The first-order valence-corrected chi connectivity index (χ1v) is 20.9. The molecule has 4 aromatic rings. The normalized spacial score (nSPS) is 18.7. The number of carbonyl (C=O) groups excluding carboxylic acids is 4. The Labute approximate surface area is 351 Å². The summed E-state index contributed by atoms with van der Waals surface area (Å²) < 4.78 is 10.4. The number of hydrogen-bond acceptors (Lipinski definition) is 8. The molecule has 4 amide bonds. The van der Waals surface area contributed by atoms with Gasteiger partial charge in [-0.15, -0.1) is 0 Å². The summed E-state index contributed by atoms with van der Waals surface area (Å²) in [5.74, 6) is 0.429. The van der Waals surface area contributed by atoms with E-state index in [1.54, 1.807) is 18.0 Å². The van der Waals surface area contributed by atoms with Crippen LogP contribution in [0.1, 0.15) is 95.8 Å². The van der Waals surface area contributed by atoms with Crippen LogP contribution >= 0.6 is 0 Å². The molecule has 0 radical (unpaired) electrons. The van der Waals surface area contributed by atoms with Gasteiger partial charge >= 0.3 is 12.2 Å². The van der Waals surface area contributed by atoms with Crippen LogP contribution in [0.4, 0.5) is 9.59 Å². The molecular weight excluding hydrogens is 759 g/mol. The standard InChI is InChI=1S/C47H55N7O6/c1-7-52(46(58)60-47(3,4)5)41(35-13-9-8-10-14-35)44(56)53-25-11-15-39(53)37-27-36(28-48-37)33-19-17-31(18-20-33)32-21-23-34(24-22-32)38-29-49-42(51-38)40-16-12-26-54(40)43(55)30(2)50-45(57)59-6/h8-10,13-14,17-24,28-30,39-41H,7,11-12,15-16,25-27H2,1-6H3,(H,49,51)(H,50,57)/t30-,39-,40-,41+/m0/s1. The molecule has 0 saturated carbocycles. The summed E-state index contributed by atoms with van der Waals surface area (Å²) in [5, 5.41) is 2.57. The average Bonchev–Trinajstić information content (AvgIpc) is 4.09. The number of ether oxygens (including phenoxy) is 2. The number of allylic oxidation sites excluding steroid dienone is 1. The highest BCUT2D eigenvalue weighted by molar-refractivity contribution is 6.04. The van der Waals surface area contributed by atoms with Crippen LogP contribution in [-0.2, 0) is 19.1 Å². The minimum atomic E-state index is -0.812. The van der Waals surface area contributed by atoms with Gasteiger partial charge < -0.3 is 29.6 Å². The minimum Gasteiger partial charge on any atom is -0.453 e. The lowest BCUT2D eigenvalue weighted by molar-refractivity contribution is -0.137. The van der Waals surface area contributed by atoms with Gasteiger partial charge in [0.2, 0.25) is 5.91 Å². The summed E-state index contributed by atoms with van der Waals surface area (Å²) in [7, 11) is 1.27. The van der Waals surface area contributed by atoms with Gasteiger partial charge in [-0.05, 0) is 93.7 Å². The number of nitrogens with zero attached hydrogens (tertiary/aromatic N) is 5. The fourth-order valence-corrected chi connectivity index (χ4v) is 8.42. The van der Waals surface area contributed by atoms with Gasteiger partial charge in [-0.25, -0.2) is 14.6 Å². The quantitative estimate of drug-likeness (QED) is 0.155. The van der Waals surface area contributed by atoms with Gasteiger partial charge in [0.15, 0.2) is 0 Å². The van der Waals surface area contributed by atoms with Crippen molar-refractivity contribution in [2.24, 2.45) is 4.99 Å². The summed E-state index contributed by atoms with van der Waals surface area (Å²) in [5.41, 5.74) is 7.18. The number of H-pyrrole nitrogens is 1. The Hall–Kier alpha value is -6.24. The maximum absolute atomic E-state index is 14.5. The molecule has 0 bridgehead atoms. The van der Waals surface area contributed by atoms with Crippen LogP contribution in [0, 0.1) is 0 Å². The lowest BCUT2D eigenvalue weighted by Crippen LogP contribution is -2.49. The summed E-state index contributed by atoms with van der Waals surface area (Å²) in [6.45, 7) is 10.5. The molecule has 0 aliphatic carbocycles. The van der Waals surface area contributed by atoms with E-state index in [2.05, 4.69) is 68.6 Å². The predicted molar refractivity (Wildman–Crippen MR) is 231 cm³/mol. The fourth-order valence-electron chi connectivity index (χ4n) is 8.42. The van der Waals surface area contributed by atoms with Crippen molar-refractivity contribution in [3.05, 3.63) is 108 Å². The maximum atomic E-state index is 14.5. The summed E-state index contributed by atoms with van der Waals surface area (Å²) >= 11 is 0. The number of rotatable bonds is 11. The Bertz CT molecular complexity index is 2240. The number of carbonyl (C=O) groups is 4. The molecule has 13 heteroatoms. The molecule has 4 heterocycles. The molecular formula is C47H55N7O6. The van der Waals surface area contributed by atoms with Crippen LogP contribution in [0.25, 0.3) is 28.0 Å². The molecule has 7 rings (SSSR count). The Morgan fingerprint density at radius 3 is 2.07 bits per heavy atom. The average molecular weight is 814 g/mol. The Morgan fingerprint density at radius 2 is 1.45 bits per heavy atom. The van der Waals surface area contributed by atoms with Gasteiger partial charge in [0.05, 0.1) is 31.1 Å². The smallest absolute Gasteiger partial charge is 0.411 e. The number of imidazole rings is 1. The number of likely N-dealkylation sites (N-methyl/N-ethyl adjacent to an activating group) is 1. The van der Waals surface area contributed by atoms with Gasteiger partial charge in [0, 0.05) is 38.0 Å². The number of nitrogens with one attached hydrogen (secondary N) is 2. The van der Waals surface area contributed by atoms with Gasteiger partial charge in [0.1, 0.15) is 23.5 Å². The molecule has 0 spiro atoms. The van der Waals surface area contributed by atoms with E-state index in [4.69, 9.17) is 9.73 Å². The number of alkyl carbamates (subject to hydrolysis) is 1. The minimum absolute atomic E-state index is 0.121. The second kappa shape index (κ2) is 17.9. The van der Waals surface area contributed by atoms with E-state index in [9.17, 15) is 19.2 Å².